The Morgan fingerprint density at radius 3 is 2.29 bits per heavy atom. The standard InChI is InChI=1S/C15H26N2/c1-5-7-11(2)10-14(17-16)15-12(3)8-6-9-13(15)4/h6,8-9,11,14,17H,5,7,10,16H2,1-4H3. The fraction of sp³-hybridized carbons (Fsp3) is 0.600. The van der Waals surface area contributed by atoms with Crippen LogP contribution >= 0.6 is 0 Å². The molecule has 0 aliphatic rings. The fourth-order valence-corrected chi connectivity index (χ4v) is 2.66. The molecule has 0 radical (unpaired) electrons. The lowest BCUT2D eigenvalue weighted by Crippen LogP contribution is -2.30. The first-order chi connectivity index (χ1) is 8.10. The number of hydrogen-bond acceptors (Lipinski definition) is 2. The predicted molar refractivity (Wildman–Crippen MR) is 74.7 cm³/mol. The molecular formula is C15H26N2. The number of aryl methyl sites for hydroxylation is 2. The molecule has 0 aliphatic heterocycles. The van der Waals surface area contributed by atoms with Gasteiger partial charge in [0.1, 0.15) is 0 Å². The van der Waals surface area contributed by atoms with Crippen LogP contribution < -0.4 is 11.3 Å². The maximum atomic E-state index is 5.74. The third-order valence-corrected chi connectivity index (χ3v) is 3.51. The minimum atomic E-state index is 0.276. The Morgan fingerprint density at radius 2 is 1.82 bits per heavy atom. The zero-order valence-electron chi connectivity index (χ0n) is 11.6. The highest BCUT2D eigenvalue weighted by Gasteiger charge is 2.17. The van der Waals surface area contributed by atoms with E-state index in [0.29, 0.717) is 5.92 Å². The van der Waals surface area contributed by atoms with E-state index >= 15 is 0 Å². The van der Waals surface area contributed by atoms with Crippen LogP contribution in [-0.4, -0.2) is 0 Å². The minimum absolute atomic E-state index is 0.276. The summed E-state index contributed by atoms with van der Waals surface area (Å²) in [6.45, 7) is 8.87. The summed E-state index contributed by atoms with van der Waals surface area (Å²) in [5, 5.41) is 0. The first-order valence-corrected chi connectivity index (χ1v) is 6.62. The molecule has 96 valence electrons. The van der Waals surface area contributed by atoms with E-state index in [-0.39, 0.29) is 6.04 Å². The van der Waals surface area contributed by atoms with E-state index in [0.717, 1.165) is 6.42 Å². The molecule has 2 heteroatoms. The zero-order valence-corrected chi connectivity index (χ0v) is 11.6. The number of hydrogen-bond donors (Lipinski definition) is 2. The highest BCUT2D eigenvalue weighted by molar-refractivity contribution is 5.36. The van der Waals surface area contributed by atoms with Crippen molar-refractivity contribution in [2.45, 2.75) is 53.0 Å². The molecule has 1 aromatic rings. The molecule has 17 heavy (non-hydrogen) atoms. The number of hydrazine groups is 1. The number of nitrogens with one attached hydrogen (secondary N) is 1. The zero-order chi connectivity index (χ0) is 12.8. The van der Waals surface area contributed by atoms with Crippen LogP contribution in [0.3, 0.4) is 0 Å². The first kappa shape index (κ1) is 14.2. The van der Waals surface area contributed by atoms with E-state index in [2.05, 4.69) is 51.3 Å². The van der Waals surface area contributed by atoms with Gasteiger partial charge in [0.15, 0.2) is 0 Å². The molecule has 0 heterocycles. The normalized spacial score (nSPS) is 14.6. The monoisotopic (exact) mass is 234 g/mol. The molecule has 1 rings (SSSR count). The Bertz CT molecular complexity index is 327. The van der Waals surface area contributed by atoms with E-state index in [1.165, 1.54) is 29.5 Å². The minimum Gasteiger partial charge on any atom is -0.271 e. The topological polar surface area (TPSA) is 38.0 Å². The Morgan fingerprint density at radius 1 is 1.24 bits per heavy atom. The van der Waals surface area contributed by atoms with Gasteiger partial charge in [-0.05, 0) is 42.9 Å². The maximum absolute atomic E-state index is 5.74. The summed E-state index contributed by atoms with van der Waals surface area (Å²) >= 11 is 0. The van der Waals surface area contributed by atoms with Gasteiger partial charge >= 0.3 is 0 Å². The molecular weight excluding hydrogens is 208 g/mol. The molecule has 2 unspecified atom stereocenters. The average molecular weight is 234 g/mol. The fourth-order valence-electron chi connectivity index (χ4n) is 2.66. The van der Waals surface area contributed by atoms with E-state index in [1.54, 1.807) is 0 Å². The number of rotatable bonds is 6. The lowest BCUT2D eigenvalue weighted by molar-refractivity contribution is 0.393. The van der Waals surface area contributed by atoms with Crippen LogP contribution in [0, 0.1) is 19.8 Å². The van der Waals surface area contributed by atoms with Crippen LogP contribution in [-0.2, 0) is 0 Å². The van der Waals surface area contributed by atoms with Crippen molar-refractivity contribution < 1.29 is 0 Å². The molecule has 0 amide bonds. The van der Waals surface area contributed by atoms with Crippen molar-refractivity contribution in [3.63, 3.8) is 0 Å². The summed E-state index contributed by atoms with van der Waals surface area (Å²) in [6.07, 6.45) is 3.62. The number of benzene rings is 1. The third kappa shape index (κ3) is 3.83. The summed E-state index contributed by atoms with van der Waals surface area (Å²) < 4.78 is 0. The Hall–Kier alpha value is -0.860. The Kier molecular flexibility index (Phi) is 5.66. The molecule has 0 aromatic heterocycles. The van der Waals surface area contributed by atoms with Gasteiger partial charge in [0.25, 0.3) is 0 Å². The van der Waals surface area contributed by atoms with Crippen molar-refractivity contribution in [1.29, 1.82) is 0 Å². The van der Waals surface area contributed by atoms with Crippen LogP contribution in [0.4, 0.5) is 0 Å². The lowest BCUT2D eigenvalue weighted by atomic mass is 9.89. The molecule has 0 bridgehead atoms. The second-order valence-corrected chi connectivity index (χ2v) is 5.15. The second kappa shape index (κ2) is 6.77. The molecule has 2 atom stereocenters. The molecule has 3 N–H and O–H groups in total. The highest BCUT2D eigenvalue weighted by atomic mass is 15.2. The van der Waals surface area contributed by atoms with Crippen molar-refractivity contribution in [3.05, 3.63) is 34.9 Å². The SMILES string of the molecule is CCCC(C)CC(NN)c1c(C)cccc1C. The Balaban J connectivity index is 2.86. The summed E-state index contributed by atoms with van der Waals surface area (Å²) in [4.78, 5) is 0. The van der Waals surface area contributed by atoms with Gasteiger partial charge < -0.3 is 0 Å². The van der Waals surface area contributed by atoms with Gasteiger partial charge in [-0.3, -0.25) is 11.3 Å². The predicted octanol–water partition coefficient (Wildman–Crippen LogP) is 3.63. The molecule has 0 fully saturated rings. The van der Waals surface area contributed by atoms with Crippen LogP contribution in [0.5, 0.6) is 0 Å². The van der Waals surface area contributed by atoms with Gasteiger partial charge in [-0.25, -0.2) is 0 Å². The molecule has 1 aromatic carbocycles. The molecule has 0 spiro atoms. The second-order valence-electron chi connectivity index (χ2n) is 5.15. The molecule has 0 saturated carbocycles. The van der Waals surface area contributed by atoms with Crippen molar-refractivity contribution >= 4 is 0 Å². The quantitative estimate of drug-likeness (QED) is 0.582. The largest absolute Gasteiger partial charge is 0.271 e. The number of nitrogens with two attached hydrogens (primary N) is 1. The van der Waals surface area contributed by atoms with Gasteiger partial charge in [-0.1, -0.05) is 44.9 Å². The average Bonchev–Trinajstić information content (AvgIpc) is 2.27. The molecule has 0 aliphatic carbocycles. The molecule has 2 nitrogen and oxygen atoms in total. The summed E-state index contributed by atoms with van der Waals surface area (Å²) in [5.74, 6) is 6.45. The summed E-state index contributed by atoms with van der Waals surface area (Å²) in [6, 6.07) is 6.71. The molecule has 0 saturated heterocycles. The van der Waals surface area contributed by atoms with Gasteiger partial charge in [0, 0.05) is 6.04 Å². The van der Waals surface area contributed by atoms with Crippen LogP contribution in [0.25, 0.3) is 0 Å². The summed E-state index contributed by atoms with van der Waals surface area (Å²) in [5.41, 5.74) is 7.02. The van der Waals surface area contributed by atoms with Crippen molar-refractivity contribution in [2.24, 2.45) is 11.8 Å². The van der Waals surface area contributed by atoms with Gasteiger partial charge in [-0.2, -0.15) is 0 Å². The highest BCUT2D eigenvalue weighted by Crippen LogP contribution is 2.28. The smallest absolute Gasteiger partial charge is 0.0467 e. The van der Waals surface area contributed by atoms with Gasteiger partial charge in [-0.15, -0.1) is 0 Å². The van der Waals surface area contributed by atoms with Crippen LogP contribution in [0.2, 0.25) is 0 Å². The first-order valence-electron chi connectivity index (χ1n) is 6.62. The lowest BCUT2D eigenvalue weighted by Gasteiger charge is -2.23. The van der Waals surface area contributed by atoms with Gasteiger partial charge in [0.05, 0.1) is 0 Å². The van der Waals surface area contributed by atoms with Gasteiger partial charge in [0.2, 0.25) is 0 Å². The van der Waals surface area contributed by atoms with Crippen molar-refractivity contribution in [1.82, 2.24) is 5.43 Å². The van der Waals surface area contributed by atoms with Crippen molar-refractivity contribution in [2.75, 3.05) is 0 Å². The van der Waals surface area contributed by atoms with E-state index < -0.39 is 0 Å². The van der Waals surface area contributed by atoms with Crippen LogP contribution in [0.1, 0.15) is 55.8 Å². The maximum Gasteiger partial charge on any atom is 0.0467 e. The van der Waals surface area contributed by atoms with Crippen LogP contribution in [0.15, 0.2) is 18.2 Å². The third-order valence-electron chi connectivity index (χ3n) is 3.51. The summed E-state index contributed by atoms with van der Waals surface area (Å²) in [7, 11) is 0. The van der Waals surface area contributed by atoms with E-state index in [1.807, 2.05) is 0 Å². The Labute approximate surface area is 106 Å². The van der Waals surface area contributed by atoms with Crippen molar-refractivity contribution in [3.8, 4) is 0 Å². The van der Waals surface area contributed by atoms with E-state index in [4.69, 9.17) is 5.84 Å². The van der Waals surface area contributed by atoms with E-state index in [9.17, 15) is 0 Å².